The van der Waals surface area contributed by atoms with Crippen LogP contribution in [0.25, 0.3) is 0 Å². The molecule has 1 aliphatic heterocycles. The van der Waals surface area contributed by atoms with Crippen LogP contribution >= 0.6 is 0 Å². The molecular weight excluding hydrogens is 135 g/mol. The molecule has 1 amide bonds. The number of nitrogens with one attached hydrogen (secondary N) is 2. The van der Waals surface area contributed by atoms with E-state index in [2.05, 4.69) is 10.6 Å². The molecular formula is C6H11FN2O. The molecule has 10 heavy (non-hydrogen) atoms. The minimum Gasteiger partial charge on any atom is -0.353 e. The number of amides is 1. The highest BCUT2D eigenvalue weighted by atomic mass is 19.1. The Kier molecular flexibility index (Phi) is 2.62. The number of carbonyl (C=O) groups is 1. The van der Waals surface area contributed by atoms with E-state index in [1.165, 1.54) is 0 Å². The lowest BCUT2D eigenvalue weighted by Crippen LogP contribution is -2.48. The second-order valence-corrected chi connectivity index (χ2v) is 2.40. The van der Waals surface area contributed by atoms with E-state index in [9.17, 15) is 9.18 Å². The van der Waals surface area contributed by atoms with Crippen LogP contribution in [0.2, 0.25) is 0 Å². The summed E-state index contributed by atoms with van der Waals surface area (Å²) in [5.74, 6) is 0. The molecule has 0 aromatic heterocycles. The molecule has 1 rings (SSSR count). The maximum Gasteiger partial charge on any atom is 0.207 e. The van der Waals surface area contributed by atoms with Gasteiger partial charge in [0.25, 0.3) is 0 Å². The SMILES string of the molecule is O=CNC1CCNCC1F. The van der Waals surface area contributed by atoms with Crippen molar-refractivity contribution in [1.29, 1.82) is 0 Å². The van der Waals surface area contributed by atoms with Gasteiger partial charge in [-0.05, 0) is 13.0 Å². The number of carbonyl (C=O) groups excluding carboxylic acids is 1. The number of piperidine rings is 1. The second kappa shape index (κ2) is 3.51. The molecule has 1 aliphatic rings. The Hall–Kier alpha value is -0.640. The van der Waals surface area contributed by atoms with Gasteiger partial charge in [0.05, 0.1) is 6.04 Å². The van der Waals surface area contributed by atoms with Crippen LogP contribution < -0.4 is 10.6 Å². The number of hydrogen-bond donors (Lipinski definition) is 2. The second-order valence-electron chi connectivity index (χ2n) is 2.40. The summed E-state index contributed by atoms with van der Waals surface area (Å²) >= 11 is 0. The summed E-state index contributed by atoms with van der Waals surface area (Å²) in [5, 5.41) is 5.33. The largest absolute Gasteiger partial charge is 0.353 e. The van der Waals surface area contributed by atoms with Gasteiger partial charge in [-0.25, -0.2) is 4.39 Å². The van der Waals surface area contributed by atoms with Crippen LogP contribution in [0.3, 0.4) is 0 Å². The Labute approximate surface area is 59.0 Å². The van der Waals surface area contributed by atoms with Crippen LogP contribution in [0.1, 0.15) is 6.42 Å². The predicted molar refractivity (Wildman–Crippen MR) is 35.4 cm³/mol. The molecule has 58 valence electrons. The summed E-state index contributed by atoms with van der Waals surface area (Å²) in [7, 11) is 0. The molecule has 0 aromatic carbocycles. The molecule has 2 atom stereocenters. The first-order valence-electron chi connectivity index (χ1n) is 3.39. The number of rotatable bonds is 2. The number of hydrogen-bond acceptors (Lipinski definition) is 2. The van der Waals surface area contributed by atoms with Crippen LogP contribution in [0.15, 0.2) is 0 Å². The van der Waals surface area contributed by atoms with Crippen molar-refractivity contribution in [3.8, 4) is 0 Å². The fraction of sp³-hybridized carbons (Fsp3) is 0.833. The van der Waals surface area contributed by atoms with Crippen LogP contribution in [0, 0.1) is 0 Å². The third-order valence-electron chi connectivity index (χ3n) is 1.69. The van der Waals surface area contributed by atoms with Crippen molar-refractivity contribution in [3.63, 3.8) is 0 Å². The van der Waals surface area contributed by atoms with E-state index in [4.69, 9.17) is 0 Å². The lowest BCUT2D eigenvalue weighted by Gasteiger charge is -2.25. The molecule has 0 saturated carbocycles. The Morgan fingerprint density at radius 1 is 1.70 bits per heavy atom. The molecule has 4 heteroatoms. The molecule has 1 saturated heterocycles. The van der Waals surface area contributed by atoms with Crippen molar-refractivity contribution in [1.82, 2.24) is 10.6 Å². The molecule has 0 spiro atoms. The van der Waals surface area contributed by atoms with Crippen LogP contribution in [-0.4, -0.2) is 31.7 Å². The van der Waals surface area contributed by atoms with E-state index in [1.807, 2.05) is 0 Å². The molecule has 1 heterocycles. The van der Waals surface area contributed by atoms with Gasteiger partial charge >= 0.3 is 0 Å². The van der Waals surface area contributed by atoms with Gasteiger partial charge < -0.3 is 10.6 Å². The smallest absolute Gasteiger partial charge is 0.207 e. The average molecular weight is 146 g/mol. The zero-order chi connectivity index (χ0) is 7.40. The first kappa shape index (κ1) is 7.47. The van der Waals surface area contributed by atoms with Crippen molar-refractivity contribution < 1.29 is 9.18 Å². The van der Waals surface area contributed by atoms with E-state index >= 15 is 0 Å². The van der Waals surface area contributed by atoms with E-state index in [0.717, 1.165) is 6.54 Å². The van der Waals surface area contributed by atoms with Crippen LogP contribution in [-0.2, 0) is 4.79 Å². The molecule has 1 fully saturated rings. The van der Waals surface area contributed by atoms with E-state index < -0.39 is 6.17 Å². The summed E-state index contributed by atoms with van der Waals surface area (Å²) in [4.78, 5) is 9.92. The van der Waals surface area contributed by atoms with Gasteiger partial charge in [0.15, 0.2) is 0 Å². The molecule has 0 bridgehead atoms. The Balaban J connectivity index is 2.32. The predicted octanol–water partition coefficient (Wildman–Crippen LogP) is -0.568. The molecule has 2 N–H and O–H groups in total. The van der Waals surface area contributed by atoms with Gasteiger partial charge in [-0.1, -0.05) is 0 Å². The molecule has 3 nitrogen and oxygen atoms in total. The van der Waals surface area contributed by atoms with Crippen molar-refractivity contribution in [2.45, 2.75) is 18.6 Å². The molecule has 2 unspecified atom stereocenters. The van der Waals surface area contributed by atoms with Gasteiger partial charge in [-0.15, -0.1) is 0 Å². The van der Waals surface area contributed by atoms with Crippen LogP contribution in [0.4, 0.5) is 4.39 Å². The van der Waals surface area contributed by atoms with Crippen molar-refractivity contribution in [2.24, 2.45) is 0 Å². The normalized spacial score (nSPS) is 33.3. The summed E-state index contributed by atoms with van der Waals surface area (Å²) in [6.07, 6.45) is 0.307. The van der Waals surface area contributed by atoms with Gasteiger partial charge in [0, 0.05) is 6.54 Å². The quantitative estimate of drug-likeness (QED) is 0.512. The highest BCUT2D eigenvalue weighted by Crippen LogP contribution is 2.05. The third-order valence-corrected chi connectivity index (χ3v) is 1.69. The van der Waals surface area contributed by atoms with Gasteiger partial charge in [-0.2, -0.15) is 0 Å². The van der Waals surface area contributed by atoms with Crippen molar-refractivity contribution >= 4 is 6.41 Å². The minimum absolute atomic E-state index is 0.279. The molecule has 0 radical (unpaired) electrons. The Bertz CT molecular complexity index is 120. The first-order valence-corrected chi connectivity index (χ1v) is 3.39. The molecule has 0 aliphatic carbocycles. The third kappa shape index (κ3) is 1.67. The number of halogens is 1. The Morgan fingerprint density at radius 2 is 2.50 bits per heavy atom. The highest BCUT2D eigenvalue weighted by molar-refractivity contribution is 5.46. The monoisotopic (exact) mass is 146 g/mol. The minimum atomic E-state index is -0.932. The van der Waals surface area contributed by atoms with Crippen molar-refractivity contribution in [2.75, 3.05) is 13.1 Å². The van der Waals surface area contributed by atoms with Gasteiger partial charge in [0.1, 0.15) is 6.17 Å². The fourth-order valence-electron chi connectivity index (χ4n) is 1.10. The zero-order valence-corrected chi connectivity index (χ0v) is 5.64. The number of alkyl halides is 1. The zero-order valence-electron chi connectivity index (χ0n) is 5.64. The van der Waals surface area contributed by atoms with E-state index in [1.54, 1.807) is 0 Å². The Morgan fingerprint density at radius 3 is 3.10 bits per heavy atom. The van der Waals surface area contributed by atoms with Gasteiger partial charge in [-0.3, -0.25) is 4.79 Å². The van der Waals surface area contributed by atoms with Gasteiger partial charge in [0.2, 0.25) is 6.41 Å². The lowest BCUT2D eigenvalue weighted by molar-refractivity contribution is -0.110. The summed E-state index contributed by atoms with van der Waals surface area (Å²) < 4.78 is 12.8. The highest BCUT2D eigenvalue weighted by Gasteiger charge is 2.23. The summed E-state index contributed by atoms with van der Waals surface area (Å²) in [6, 6.07) is -0.279. The average Bonchev–Trinajstić information content (AvgIpc) is 1.94. The van der Waals surface area contributed by atoms with E-state index in [0.29, 0.717) is 19.4 Å². The standard InChI is InChI=1S/C6H11FN2O/c7-5-3-8-2-1-6(5)9-4-10/h4-6,8H,1-3H2,(H,9,10). The maximum atomic E-state index is 12.8. The van der Waals surface area contributed by atoms with Crippen molar-refractivity contribution in [3.05, 3.63) is 0 Å². The lowest BCUT2D eigenvalue weighted by atomic mass is 10.1. The summed E-state index contributed by atoms with van der Waals surface area (Å²) in [5.41, 5.74) is 0. The molecule has 0 aromatic rings. The first-order chi connectivity index (χ1) is 4.84. The van der Waals surface area contributed by atoms with Crippen LogP contribution in [0.5, 0.6) is 0 Å². The van der Waals surface area contributed by atoms with E-state index in [-0.39, 0.29) is 6.04 Å². The topological polar surface area (TPSA) is 41.1 Å². The maximum absolute atomic E-state index is 12.8. The fourth-order valence-corrected chi connectivity index (χ4v) is 1.10. The summed E-state index contributed by atoms with van der Waals surface area (Å²) in [6.45, 7) is 1.14.